The number of rotatable bonds is 2. The lowest BCUT2D eigenvalue weighted by Crippen LogP contribution is -2.43. The van der Waals surface area contributed by atoms with Gasteiger partial charge in [0.1, 0.15) is 6.10 Å². The van der Waals surface area contributed by atoms with Crippen molar-refractivity contribution in [1.29, 1.82) is 0 Å². The van der Waals surface area contributed by atoms with E-state index < -0.39 is 18.2 Å². The van der Waals surface area contributed by atoms with Gasteiger partial charge in [0.15, 0.2) is 6.10 Å². The van der Waals surface area contributed by atoms with Crippen LogP contribution in [-0.4, -0.2) is 47.2 Å². The van der Waals surface area contributed by atoms with Gasteiger partial charge in [-0.3, -0.25) is 4.79 Å². The van der Waals surface area contributed by atoms with Crippen molar-refractivity contribution in [3.05, 3.63) is 0 Å². The Balaban J connectivity index is 1.86. The van der Waals surface area contributed by atoms with Crippen LogP contribution >= 0.6 is 0 Å². The van der Waals surface area contributed by atoms with E-state index in [4.69, 9.17) is 9.84 Å². The lowest BCUT2D eigenvalue weighted by Gasteiger charge is -2.31. The Kier molecular flexibility index (Phi) is 3.66. The summed E-state index contributed by atoms with van der Waals surface area (Å²) >= 11 is 0. The van der Waals surface area contributed by atoms with Gasteiger partial charge in [-0.1, -0.05) is 6.92 Å². The first-order chi connectivity index (χ1) is 8.08. The fourth-order valence-corrected chi connectivity index (χ4v) is 2.43. The summed E-state index contributed by atoms with van der Waals surface area (Å²) in [6.45, 7) is 3.74. The van der Waals surface area contributed by atoms with Gasteiger partial charge in [0.25, 0.3) is 5.91 Å². The Hall–Kier alpha value is -1.10. The molecule has 0 spiro atoms. The molecule has 2 rings (SSSR count). The van der Waals surface area contributed by atoms with Crippen LogP contribution < -0.4 is 0 Å². The van der Waals surface area contributed by atoms with E-state index in [2.05, 4.69) is 6.92 Å². The van der Waals surface area contributed by atoms with Crippen molar-refractivity contribution < 1.29 is 19.4 Å². The third-order valence-electron chi connectivity index (χ3n) is 3.67. The zero-order chi connectivity index (χ0) is 12.4. The average molecular weight is 241 g/mol. The van der Waals surface area contributed by atoms with Crippen molar-refractivity contribution in [3.63, 3.8) is 0 Å². The molecule has 2 fully saturated rings. The van der Waals surface area contributed by atoms with Crippen molar-refractivity contribution in [3.8, 4) is 0 Å². The van der Waals surface area contributed by atoms with E-state index in [-0.39, 0.29) is 5.91 Å². The Bertz CT molecular complexity index is 310. The fraction of sp³-hybridized carbons (Fsp3) is 0.833. The minimum absolute atomic E-state index is 0.0272. The van der Waals surface area contributed by atoms with Crippen LogP contribution in [0, 0.1) is 5.92 Å². The van der Waals surface area contributed by atoms with E-state index >= 15 is 0 Å². The van der Waals surface area contributed by atoms with E-state index in [0.717, 1.165) is 25.9 Å². The molecule has 0 bridgehead atoms. The van der Waals surface area contributed by atoms with Crippen LogP contribution in [0.2, 0.25) is 0 Å². The van der Waals surface area contributed by atoms with Gasteiger partial charge in [-0.25, -0.2) is 4.79 Å². The molecule has 17 heavy (non-hydrogen) atoms. The monoisotopic (exact) mass is 241 g/mol. The molecule has 0 aliphatic carbocycles. The Morgan fingerprint density at radius 3 is 2.24 bits per heavy atom. The van der Waals surface area contributed by atoms with Gasteiger partial charge in [0.05, 0.1) is 0 Å². The Labute approximate surface area is 101 Å². The Morgan fingerprint density at radius 1 is 1.12 bits per heavy atom. The zero-order valence-electron chi connectivity index (χ0n) is 10.1. The number of carboxylic acids is 1. The number of piperidine rings is 1. The van der Waals surface area contributed by atoms with Crippen molar-refractivity contribution >= 4 is 11.9 Å². The maximum absolute atomic E-state index is 12.1. The maximum atomic E-state index is 12.1. The second-order valence-electron chi connectivity index (χ2n) is 5.04. The van der Waals surface area contributed by atoms with Crippen LogP contribution in [0.25, 0.3) is 0 Å². The molecule has 2 saturated heterocycles. The number of nitrogens with zero attached hydrogens (tertiary/aromatic N) is 1. The molecule has 1 amide bonds. The largest absolute Gasteiger partial charge is 0.479 e. The fourth-order valence-electron chi connectivity index (χ4n) is 2.43. The van der Waals surface area contributed by atoms with Gasteiger partial charge >= 0.3 is 5.97 Å². The maximum Gasteiger partial charge on any atom is 0.332 e. The van der Waals surface area contributed by atoms with Crippen LogP contribution in [0.1, 0.15) is 32.6 Å². The van der Waals surface area contributed by atoms with Crippen LogP contribution in [0.15, 0.2) is 0 Å². The van der Waals surface area contributed by atoms with Crippen molar-refractivity contribution in [2.24, 2.45) is 5.92 Å². The predicted molar refractivity (Wildman–Crippen MR) is 60.5 cm³/mol. The van der Waals surface area contributed by atoms with E-state index in [1.165, 1.54) is 0 Å². The molecule has 0 radical (unpaired) electrons. The minimum atomic E-state index is -0.965. The first-order valence-corrected chi connectivity index (χ1v) is 6.25. The van der Waals surface area contributed by atoms with Crippen LogP contribution in [0.4, 0.5) is 0 Å². The summed E-state index contributed by atoms with van der Waals surface area (Å²) in [5.41, 5.74) is 0. The molecule has 96 valence electrons. The van der Waals surface area contributed by atoms with E-state index in [0.29, 0.717) is 18.8 Å². The second-order valence-corrected chi connectivity index (χ2v) is 5.04. The smallest absolute Gasteiger partial charge is 0.332 e. The molecule has 5 heteroatoms. The number of likely N-dealkylation sites (tertiary alicyclic amines) is 1. The van der Waals surface area contributed by atoms with Crippen LogP contribution in [-0.2, 0) is 14.3 Å². The van der Waals surface area contributed by atoms with Crippen molar-refractivity contribution in [2.45, 2.75) is 44.8 Å². The van der Waals surface area contributed by atoms with Crippen LogP contribution in [0.3, 0.4) is 0 Å². The van der Waals surface area contributed by atoms with Gasteiger partial charge in [-0.05, 0) is 31.6 Å². The number of hydrogen-bond acceptors (Lipinski definition) is 3. The molecular weight excluding hydrogens is 222 g/mol. The zero-order valence-corrected chi connectivity index (χ0v) is 10.1. The molecule has 2 aliphatic rings. The number of amides is 1. The molecule has 0 aromatic heterocycles. The van der Waals surface area contributed by atoms with Gasteiger partial charge in [-0.15, -0.1) is 0 Å². The average Bonchev–Trinajstić information content (AvgIpc) is 2.78. The normalized spacial score (nSPS) is 30.5. The standard InChI is InChI=1S/C12H19NO4/c1-8-4-6-13(7-5-8)11(14)9-2-3-10(17-9)12(15)16/h8-10H,2-7H2,1H3,(H,15,16)/t9-,10+/m0/s1. The summed E-state index contributed by atoms with van der Waals surface area (Å²) in [6.07, 6.45) is 1.69. The highest BCUT2D eigenvalue weighted by Gasteiger charge is 2.37. The molecule has 2 atom stereocenters. The number of carbonyl (C=O) groups is 2. The topological polar surface area (TPSA) is 66.8 Å². The van der Waals surface area contributed by atoms with E-state index in [9.17, 15) is 9.59 Å². The summed E-state index contributed by atoms with van der Waals surface area (Å²) < 4.78 is 5.27. The van der Waals surface area contributed by atoms with Gasteiger partial charge in [0.2, 0.25) is 0 Å². The third kappa shape index (κ3) is 2.77. The molecule has 5 nitrogen and oxygen atoms in total. The molecule has 0 saturated carbocycles. The summed E-state index contributed by atoms with van der Waals surface area (Å²) in [5.74, 6) is -0.316. The highest BCUT2D eigenvalue weighted by molar-refractivity contribution is 5.82. The summed E-state index contributed by atoms with van der Waals surface area (Å²) in [4.78, 5) is 24.6. The van der Waals surface area contributed by atoms with Crippen molar-refractivity contribution in [2.75, 3.05) is 13.1 Å². The lowest BCUT2D eigenvalue weighted by molar-refractivity contribution is -0.155. The minimum Gasteiger partial charge on any atom is -0.479 e. The Morgan fingerprint density at radius 2 is 1.71 bits per heavy atom. The molecule has 2 aliphatic heterocycles. The number of ether oxygens (including phenoxy) is 1. The molecule has 2 heterocycles. The van der Waals surface area contributed by atoms with E-state index in [1.54, 1.807) is 0 Å². The van der Waals surface area contributed by atoms with Gasteiger partial charge < -0.3 is 14.7 Å². The third-order valence-corrected chi connectivity index (χ3v) is 3.67. The SMILES string of the molecule is CC1CCN(C(=O)[C@@H]2CC[C@H](C(=O)O)O2)CC1. The number of carbonyl (C=O) groups excluding carboxylic acids is 1. The van der Waals surface area contributed by atoms with Gasteiger partial charge in [0, 0.05) is 13.1 Å². The van der Waals surface area contributed by atoms with Gasteiger partial charge in [-0.2, -0.15) is 0 Å². The molecule has 0 aromatic carbocycles. The quantitative estimate of drug-likeness (QED) is 0.779. The molecular formula is C12H19NO4. The molecule has 0 aromatic rings. The number of carboxylic acid groups (broad SMARTS) is 1. The first-order valence-electron chi connectivity index (χ1n) is 6.25. The van der Waals surface area contributed by atoms with E-state index in [1.807, 2.05) is 4.90 Å². The summed E-state index contributed by atoms with van der Waals surface area (Å²) in [7, 11) is 0. The van der Waals surface area contributed by atoms with Crippen LogP contribution in [0.5, 0.6) is 0 Å². The number of aliphatic carboxylic acids is 1. The number of hydrogen-bond donors (Lipinski definition) is 1. The van der Waals surface area contributed by atoms with Crippen molar-refractivity contribution in [1.82, 2.24) is 4.90 Å². The highest BCUT2D eigenvalue weighted by Crippen LogP contribution is 2.24. The summed E-state index contributed by atoms with van der Waals surface area (Å²) in [6, 6.07) is 0. The lowest BCUT2D eigenvalue weighted by atomic mass is 9.99. The molecule has 0 unspecified atom stereocenters. The highest BCUT2D eigenvalue weighted by atomic mass is 16.5. The first kappa shape index (κ1) is 12.4. The predicted octanol–water partition coefficient (Wildman–Crippen LogP) is 0.877. The second kappa shape index (κ2) is 5.04. The molecule has 1 N–H and O–H groups in total. The summed E-state index contributed by atoms with van der Waals surface area (Å²) in [5, 5.41) is 8.81.